The van der Waals surface area contributed by atoms with Crippen LogP contribution in [0.15, 0.2) is 18.2 Å². The molecule has 1 saturated heterocycles. The molecule has 0 radical (unpaired) electrons. The van der Waals surface area contributed by atoms with Gasteiger partial charge in [0, 0.05) is 29.1 Å². The molecule has 1 aliphatic rings. The van der Waals surface area contributed by atoms with Crippen LogP contribution in [0, 0.1) is 16.0 Å². The Hall–Kier alpha value is -1.62. The lowest BCUT2D eigenvalue weighted by Crippen LogP contribution is -2.20. The molecule has 1 unspecified atom stereocenters. The molecular formula is C11H11ClN2O3. The number of nitro benzene ring substituents is 1. The number of hydrogen-bond donors (Lipinski definition) is 1. The number of nitro groups is 1. The van der Waals surface area contributed by atoms with Gasteiger partial charge in [0.2, 0.25) is 5.91 Å². The lowest BCUT2D eigenvalue weighted by Gasteiger charge is -2.07. The second-order valence-electron chi connectivity index (χ2n) is 4.01. The van der Waals surface area contributed by atoms with E-state index < -0.39 is 4.92 Å². The van der Waals surface area contributed by atoms with Crippen LogP contribution in [0.25, 0.3) is 0 Å². The first-order chi connectivity index (χ1) is 8.08. The topological polar surface area (TPSA) is 72.2 Å². The SMILES string of the molecule is O=C1NCCC1Cc1ccc(Cl)cc1[N+](=O)[O-]. The zero-order valence-electron chi connectivity index (χ0n) is 8.98. The molecule has 1 aromatic carbocycles. The number of amides is 1. The molecule has 17 heavy (non-hydrogen) atoms. The number of carbonyl (C=O) groups is 1. The van der Waals surface area contributed by atoms with Gasteiger partial charge in [-0.25, -0.2) is 0 Å². The van der Waals surface area contributed by atoms with Crippen molar-refractivity contribution in [3.8, 4) is 0 Å². The molecule has 0 spiro atoms. The third-order valence-corrected chi connectivity index (χ3v) is 3.11. The Morgan fingerprint density at radius 1 is 1.53 bits per heavy atom. The number of rotatable bonds is 3. The Morgan fingerprint density at radius 2 is 2.29 bits per heavy atom. The molecule has 90 valence electrons. The molecule has 1 amide bonds. The summed E-state index contributed by atoms with van der Waals surface area (Å²) in [4.78, 5) is 21.8. The maximum absolute atomic E-state index is 11.4. The van der Waals surface area contributed by atoms with E-state index in [-0.39, 0.29) is 17.5 Å². The van der Waals surface area contributed by atoms with Crippen molar-refractivity contribution >= 4 is 23.2 Å². The van der Waals surface area contributed by atoms with E-state index in [1.165, 1.54) is 6.07 Å². The van der Waals surface area contributed by atoms with Crippen LogP contribution in [0.3, 0.4) is 0 Å². The van der Waals surface area contributed by atoms with Gasteiger partial charge < -0.3 is 5.32 Å². The minimum Gasteiger partial charge on any atom is -0.356 e. The molecule has 0 saturated carbocycles. The fraction of sp³-hybridized carbons (Fsp3) is 0.364. The van der Waals surface area contributed by atoms with Gasteiger partial charge in [0.15, 0.2) is 0 Å². The summed E-state index contributed by atoms with van der Waals surface area (Å²) < 4.78 is 0. The van der Waals surface area contributed by atoms with Gasteiger partial charge in [-0.1, -0.05) is 17.7 Å². The second kappa shape index (κ2) is 4.71. The molecular weight excluding hydrogens is 244 g/mol. The lowest BCUT2D eigenvalue weighted by atomic mass is 9.97. The van der Waals surface area contributed by atoms with Crippen molar-refractivity contribution in [2.75, 3.05) is 6.54 Å². The number of nitrogens with zero attached hydrogens (tertiary/aromatic N) is 1. The van der Waals surface area contributed by atoms with Crippen molar-refractivity contribution in [2.24, 2.45) is 5.92 Å². The average Bonchev–Trinajstić information content (AvgIpc) is 2.67. The van der Waals surface area contributed by atoms with Crippen LogP contribution in [-0.2, 0) is 11.2 Å². The predicted octanol–water partition coefficient (Wildman–Crippen LogP) is 1.93. The van der Waals surface area contributed by atoms with Crippen LogP contribution in [-0.4, -0.2) is 17.4 Å². The van der Waals surface area contributed by atoms with Gasteiger partial charge in [0.25, 0.3) is 5.69 Å². The predicted molar refractivity (Wildman–Crippen MR) is 62.9 cm³/mol. The van der Waals surface area contributed by atoms with E-state index in [0.29, 0.717) is 23.6 Å². The van der Waals surface area contributed by atoms with Crippen molar-refractivity contribution in [1.29, 1.82) is 0 Å². The normalized spacial score (nSPS) is 19.1. The monoisotopic (exact) mass is 254 g/mol. The van der Waals surface area contributed by atoms with Crippen molar-refractivity contribution in [2.45, 2.75) is 12.8 Å². The van der Waals surface area contributed by atoms with Gasteiger partial charge in [-0.3, -0.25) is 14.9 Å². The molecule has 1 heterocycles. The van der Waals surface area contributed by atoms with Crippen LogP contribution < -0.4 is 5.32 Å². The fourth-order valence-electron chi connectivity index (χ4n) is 1.98. The standard InChI is InChI=1S/C11H11ClN2O3/c12-9-2-1-7(10(6-9)14(16)17)5-8-3-4-13-11(8)15/h1-2,6,8H,3-5H2,(H,13,15). The van der Waals surface area contributed by atoms with Crippen LogP contribution >= 0.6 is 11.6 Å². The molecule has 6 heteroatoms. The Balaban J connectivity index is 2.25. The van der Waals surface area contributed by atoms with E-state index in [2.05, 4.69) is 5.32 Å². The van der Waals surface area contributed by atoms with E-state index in [0.717, 1.165) is 6.42 Å². The Labute approximate surface area is 103 Å². The second-order valence-corrected chi connectivity index (χ2v) is 4.45. The first-order valence-electron chi connectivity index (χ1n) is 5.28. The molecule has 5 nitrogen and oxygen atoms in total. The van der Waals surface area contributed by atoms with Crippen LogP contribution in [0.1, 0.15) is 12.0 Å². The molecule has 1 fully saturated rings. The lowest BCUT2D eigenvalue weighted by molar-refractivity contribution is -0.385. The number of hydrogen-bond acceptors (Lipinski definition) is 3. The molecule has 1 atom stereocenters. The summed E-state index contributed by atoms with van der Waals surface area (Å²) in [5.74, 6) is -0.205. The summed E-state index contributed by atoms with van der Waals surface area (Å²) >= 11 is 5.72. The van der Waals surface area contributed by atoms with Gasteiger partial charge in [-0.15, -0.1) is 0 Å². The molecule has 1 aliphatic heterocycles. The number of benzene rings is 1. The Bertz CT molecular complexity index is 476. The number of carbonyl (C=O) groups excluding carboxylic acids is 1. The van der Waals surface area contributed by atoms with Crippen molar-refractivity contribution in [1.82, 2.24) is 5.32 Å². The number of nitrogens with one attached hydrogen (secondary N) is 1. The molecule has 0 aliphatic carbocycles. The third-order valence-electron chi connectivity index (χ3n) is 2.87. The minimum absolute atomic E-state index is 0.0165. The smallest absolute Gasteiger partial charge is 0.274 e. The summed E-state index contributed by atoms with van der Waals surface area (Å²) in [6, 6.07) is 4.55. The van der Waals surface area contributed by atoms with Crippen molar-refractivity contribution in [3.63, 3.8) is 0 Å². The highest BCUT2D eigenvalue weighted by atomic mass is 35.5. The molecule has 1 aromatic rings. The molecule has 1 N–H and O–H groups in total. The zero-order valence-corrected chi connectivity index (χ0v) is 9.74. The molecule has 0 aromatic heterocycles. The van der Waals surface area contributed by atoms with Gasteiger partial charge >= 0.3 is 0 Å². The van der Waals surface area contributed by atoms with Crippen LogP contribution in [0.4, 0.5) is 5.69 Å². The summed E-state index contributed by atoms with van der Waals surface area (Å²) in [6.07, 6.45) is 1.11. The molecule has 0 bridgehead atoms. The van der Waals surface area contributed by atoms with Crippen molar-refractivity contribution < 1.29 is 9.72 Å². The third kappa shape index (κ3) is 2.55. The maximum atomic E-state index is 11.4. The summed E-state index contributed by atoms with van der Waals surface area (Å²) in [5, 5.41) is 13.9. The average molecular weight is 255 g/mol. The van der Waals surface area contributed by atoms with E-state index in [1.807, 2.05) is 0 Å². The zero-order chi connectivity index (χ0) is 12.4. The fourth-order valence-corrected chi connectivity index (χ4v) is 2.15. The van der Waals surface area contributed by atoms with Crippen LogP contribution in [0.5, 0.6) is 0 Å². The van der Waals surface area contributed by atoms with Gasteiger partial charge in [-0.05, 0) is 18.9 Å². The first kappa shape index (κ1) is 11.9. The van der Waals surface area contributed by atoms with Gasteiger partial charge in [-0.2, -0.15) is 0 Å². The Kier molecular flexibility index (Phi) is 3.28. The van der Waals surface area contributed by atoms with Crippen LogP contribution in [0.2, 0.25) is 5.02 Å². The summed E-state index contributed by atoms with van der Waals surface area (Å²) in [5.41, 5.74) is 0.540. The number of halogens is 1. The van der Waals surface area contributed by atoms with E-state index in [1.54, 1.807) is 12.1 Å². The quantitative estimate of drug-likeness (QED) is 0.662. The van der Waals surface area contributed by atoms with Gasteiger partial charge in [0.05, 0.1) is 4.92 Å². The highest BCUT2D eigenvalue weighted by molar-refractivity contribution is 6.30. The summed E-state index contributed by atoms with van der Waals surface area (Å²) in [7, 11) is 0. The van der Waals surface area contributed by atoms with E-state index in [4.69, 9.17) is 11.6 Å². The highest BCUT2D eigenvalue weighted by Crippen LogP contribution is 2.27. The largest absolute Gasteiger partial charge is 0.356 e. The van der Waals surface area contributed by atoms with Crippen molar-refractivity contribution in [3.05, 3.63) is 38.9 Å². The van der Waals surface area contributed by atoms with Gasteiger partial charge in [0.1, 0.15) is 0 Å². The summed E-state index contributed by atoms with van der Waals surface area (Å²) in [6.45, 7) is 0.644. The Morgan fingerprint density at radius 3 is 2.88 bits per heavy atom. The molecule has 2 rings (SSSR count). The maximum Gasteiger partial charge on any atom is 0.274 e. The first-order valence-corrected chi connectivity index (χ1v) is 5.66. The van der Waals surface area contributed by atoms with E-state index in [9.17, 15) is 14.9 Å². The highest BCUT2D eigenvalue weighted by Gasteiger charge is 2.27. The minimum atomic E-state index is -0.464. The van der Waals surface area contributed by atoms with E-state index >= 15 is 0 Å².